The molecule has 1 aromatic heterocycles. The van der Waals surface area contributed by atoms with Crippen LogP contribution in [-0.4, -0.2) is 18.6 Å². The van der Waals surface area contributed by atoms with Crippen molar-refractivity contribution in [1.29, 1.82) is 0 Å². The fraction of sp³-hybridized carbons (Fsp3) is 0.267. The van der Waals surface area contributed by atoms with Gasteiger partial charge in [0.2, 0.25) is 0 Å². The van der Waals surface area contributed by atoms with Crippen molar-refractivity contribution in [3.8, 4) is 0 Å². The Morgan fingerprint density at radius 2 is 2.05 bits per heavy atom. The molecule has 2 N–H and O–H groups in total. The molecule has 100 valence electrons. The van der Waals surface area contributed by atoms with Gasteiger partial charge in [0.05, 0.1) is 0 Å². The number of anilines is 1. The average Bonchev–Trinajstić information content (AvgIpc) is 2.45. The summed E-state index contributed by atoms with van der Waals surface area (Å²) in [4.78, 5) is 6.29. The molecule has 1 aromatic carbocycles. The number of rotatable bonds is 5. The summed E-state index contributed by atoms with van der Waals surface area (Å²) in [5.74, 6) is -0.246. The summed E-state index contributed by atoms with van der Waals surface area (Å²) in [5, 5.41) is 0. The predicted octanol–water partition coefficient (Wildman–Crippen LogP) is 2.36. The molecule has 19 heavy (non-hydrogen) atoms. The van der Waals surface area contributed by atoms with Gasteiger partial charge in [-0.3, -0.25) is 4.98 Å². The lowest BCUT2D eigenvalue weighted by molar-refractivity contribution is 0.609. The van der Waals surface area contributed by atoms with E-state index in [1.54, 1.807) is 12.3 Å². The summed E-state index contributed by atoms with van der Waals surface area (Å²) < 4.78 is 13.7. The van der Waals surface area contributed by atoms with E-state index in [0.29, 0.717) is 5.56 Å². The van der Waals surface area contributed by atoms with E-state index in [1.807, 2.05) is 36.2 Å². The van der Waals surface area contributed by atoms with E-state index < -0.39 is 0 Å². The van der Waals surface area contributed by atoms with Gasteiger partial charge in [-0.2, -0.15) is 0 Å². The van der Waals surface area contributed by atoms with E-state index in [4.69, 9.17) is 5.73 Å². The minimum atomic E-state index is -0.246. The molecule has 0 bridgehead atoms. The minimum Gasteiger partial charge on any atom is -0.374 e. The first-order valence-corrected chi connectivity index (χ1v) is 6.31. The van der Waals surface area contributed by atoms with E-state index in [1.165, 1.54) is 6.07 Å². The SMILES string of the molecule is CN(CCc1ccccn1)c1cccc(F)c1CN. The fourth-order valence-corrected chi connectivity index (χ4v) is 2.06. The molecule has 3 nitrogen and oxygen atoms in total. The molecule has 0 unspecified atom stereocenters. The lowest BCUT2D eigenvalue weighted by atomic mass is 10.1. The number of hydrogen-bond donors (Lipinski definition) is 1. The summed E-state index contributed by atoms with van der Waals surface area (Å²) in [6.07, 6.45) is 2.60. The normalized spacial score (nSPS) is 10.5. The van der Waals surface area contributed by atoms with Gasteiger partial charge in [-0.1, -0.05) is 12.1 Å². The molecule has 0 saturated heterocycles. The van der Waals surface area contributed by atoms with Gasteiger partial charge in [-0.25, -0.2) is 4.39 Å². The summed E-state index contributed by atoms with van der Waals surface area (Å²) >= 11 is 0. The number of benzene rings is 1. The zero-order chi connectivity index (χ0) is 13.7. The maximum absolute atomic E-state index is 13.7. The van der Waals surface area contributed by atoms with E-state index in [0.717, 1.165) is 24.3 Å². The van der Waals surface area contributed by atoms with Gasteiger partial charge in [-0.15, -0.1) is 0 Å². The monoisotopic (exact) mass is 259 g/mol. The highest BCUT2D eigenvalue weighted by Gasteiger charge is 2.10. The highest BCUT2D eigenvalue weighted by atomic mass is 19.1. The molecule has 4 heteroatoms. The maximum atomic E-state index is 13.7. The van der Waals surface area contributed by atoms with Crippen LogP contribution in [0.15, 0.2) is 42.6 Å². The van der Waals surface area contributed by atoms with Gasteiger partial charge in [0.1, 0.15) is 5.82 Å². The van der Waals surface area contributed by atoms with Crippen LogP contribution in [0.5, 0.6) is 0 Å². The van der Waals surface area contributed by atoms with Crippen LogP contribution in [0.4, 0.5) is 10.1 Å². The largest absolute Gasteiger partial charge is 0.374 e. The Balaban J connectivity index is 2.08. The van der Waals surface area contributed by atoms with Crippen molar-refractivity contribution in [3.05, 3.63) is 59.7 Å². The highest BCUT2D eigenvalue weighted by molar-refractivity contribution is 5.53. The first-order valence-electron chi connectivity index (χ1n) is 6.31. The summed E-state index contributed by atoms with van der Waals surface area (Å²) in [6, 6.07) is 10.9. The first kappa shape index (κ1) is 13.5. The molecule has 2 rings (SSSR count). The Morgan fingerprint density at radius 3 is 2.74 bits per heavy atom. The smallest absolute Gasteiger partial charge is 0.129 e. The second-order valence-electron chi connectivity index (χ2n) is 4.43. The van der Waals surface area contributed by atoms with Crippen LogP contribution in [0.25, 0.3) is 0 Å². The van der Waals surface area contributed by atoms with Crippen LogP contribution >= 0.6 is 0 Å². The third kappa shape index (κ3) is 3.29. The molecule has 0 aliphatic rings. The quantitative estimate of drug-likeness (QED) is 0.896. The third-order valence-corrected chi connectivity index (χ3v) is 3.14. The highest BCUT2D eigenvalue weighted by Crippen LogP contribution is 2.21. The van der Waals surface area contributed by atoms with Crippen LogP contribution in [0.2, 0.25) is 0 Å². The van der Waals surface area contributed by atoms with Crippen molar-refractivity contribution < 1.29 is 4.39 Å². The van der Waals surface area contributed by atoms with Crippen LogP contribution in [0.1, 0.15) is 11.3 Å². The van der Waals surface area contributed by atoms with Crippen molar-refractivity contribution in [1.82, 2.24) is 4.98 Å². The van der Waals surface area contributed by atoms with Crippen LogP contribution in [-0.2, 0) is 13.0 Å². The van der Waals surface area contributed by atoms with Gasteiger partial charge < -0.3 is 10.6 Å². The number of likely N-dealkylation sites (N-methyl/N-ethyl adjacent to an activating group) is 1. The molecule has 0 radical (unpaired) electrons. The number of halogens is 1. The molecular formula is C15H18FN3. The minimum absolute atomic E-state index is 0.204. The van der Waals surface area contributed by atoms with Crippen LogP contribution in [0.3, 0.4) is 0 Å². The zero-order valence-electron chi connectivity index (χ0n) is 11.0. The van der Waals surface area contributed by atoms with Crippen molar-refractivity contribution in [2.24, 2.45) is 5.73 Å². The van der Waals surface area contributed by atoms with E-state index in [2.05, 4.69) is 4.98 Å². The Hall–Kier alpha value is -1.94. The summed E-state index contributed by atoms with van der Waals surface area (Å²) in [5.41, 5.74) is 8.05. The van der Waals surface area contributed by atoms with Gasteiger partial charge in [0.15, 0.2) is 0 Å². The van der Waals surface area contributed by atoms with Gasteiger partial charge in [0, 0.05) is 49.7 Å². The number of pyridine rings is 1. The predicted molar refractivity (Wildman–Crippen MR) is 75.5 cm³/mol. The third-order valence-electron chi connectivity index (χ3n) is 3.14. The number of nitrogens with zero attached hydrogens (tertiary/aromatic N) is 2. The van der Waals surface area contributed by atoms with E-state index in [9.17, 15) is 4.39 Å². The Morgan fingerprint density at radius 1 is 1.21 bits per heavy atom. The van der Waals surface area contributed by atoms with E-state index >= 15 is 0 Å². The second-order valence-corrected chi connectivity index (χ2v) is 4.43. The average molecular weight is 259 g/mol. The molecule has 2 aromatic rings. The zero-order valence-corrected chi connectivity index (χ0v) is 11.0. The molecule has 0 saturated carbocycles. The van der Waals surface area contributed by atoms with Gasteiger partial charge in [0.25, 0.3) is 0 Å². The maximum Gasteiger partial charge on any atom is 0.129 e. The molecule has 0 fully saturated rings. The number of hydrogen-bond acceptors (Lipinski definition) is 3. The molecule has 0 atom stereocenters. The molecular weight excluding hydrogens is 241 g/mol. The number of aromatic nitrogens is 1. The first-order chi connectivity index (χ1) is 9.22. The summed E-state index contributed by atoms with van der Waals surface area (Å²) in [6.45, 7) is 0.976. The molecule has 0 amide bonds. The molecule has 0 aliphatic carbocycles. The molecule has 1 heterocycles. The molecule has 0 aliphatic heterocycles. The van der Waals surface area contributed by atoms with Crippen LogP contribution in [0, 0.1) is 5.82 Å². The van der Waals surface area contributed by atoms with Crippen molar-refractivity contribution >= 4 is 5.69 Å². The van der Waals surface area contributed by atoms with Gasteiger partial charge >= 0.3 is 0 Å². The summed E-state index contributed by atoms with van der Waals surface area (Å²) in [7, 11) is 1.94. The van der Waals surface area contributed by atoms with Gasteiger partial charge in [-0.05, 0) is 24.3 Å². The van der Waals surface area contributed by atoms with Crippen molar-refractivity contribution in [3.63, 3.8) is 0 Å². The Labute approximate surface area is 112 Å². The van der Waals surface area contributed by atoms with Crippen LogP contribution < -0.4 is 10.6 Å². The van der Waals surface area contributed by atoms with Crippen molar-refractivity contribution in [2.45, 2.75) is 13.0 Å². The lowest BCUT2D eigenvalue weighted by Crippen LogP contribution is -2.23. The topological polar surface area (TPSA) is 42.2 Å². The molecule has 0 spiro atoms. The lowest BCUT2D eigenvalue weighted by Gasteiger charge is -2.22. The fourth-order valence-electron chi connectivity index (χ4n) is 2.06. The van der Waals surface area contributed by atoms with Crippen molar-refractivity contribution in [2.75, 3.05) is 18.5 Å². The van der Waals surface area contributed by atoms with E-state index in [-0.39, 0.29) is 12.4 Å². The Kier molecular flexibility index (Phi) is 4.47. The second kappa shape index (κ2) is 6.29. The number of nitrogens with two attached hydrogens (primary N) is 1. The Bertz CT molecular complexity index is 528. The standard InChI is InChI=1S/C15H18FN3/c1-19(10-8-12-5-2-3-9-18-12)15-7-4-6-14(16)13(15)11-17/h2-7,9H,8,10-11,17H2,1H3.